The van der Waals surface area contributed by atoms with Crippen LogP contribution in [0.25, 0.3) is 0 Å². The van der Waals surface area contributed by atoms with Gasteiger partial charge in [0.15, 0.2) is 0 Å². The number of rotatable bonds is 2. The lowest BCUT2D eigenvalue weighted by Gasteiger charge is -2.21. The molecule has 2 atom stereocenters. The molecule has 2 aliphatic rings. The Morgan fingerprint density at radius 2 is 1.88 bits per heavy atom. The minimum atomic E-state index is -0.323. The van der Waals surface area contributed by atoms with Crippen molar-refractivity contribution in [2.45, 2.75) is 37.6 Å². The zero-order chi connectivity index (χ0) is 18.3. The van der Waals surface area contributed by atoms with E-state index in [0.29, 0.717) is 24.2 Å². The van der Waals surface area contributed by atoms with Gasteiger partial charge >= 0.3 is 0 Å². The molecule has 136 valence electrons. The summed E-state index contributed by atoms with van der Waals surface area (Å²) in [5.41, 5.74) is 9.12. The van der Waals surface area contributed by atoms with E-state index in [2.05, 4.69) is 0 Å². The Bertz CT molecular complexity index is 852. The summed E-state index contributed by atoms with van der Waals surface area (Å²) in [7, 11) is 0. The van der Waals surface area contributed by atoms with Gasteiger partial charge in [-0.1, -0.05) is 24.3 Å². The normalized spacial score (nSPS) is 22.3. The summed E-state index contributed by atoms with van der Waals surface area (Å²) in [5, 5.41) is 10.6. The lowest BCUT2D eigenvalue weighted by molar-refractivity contribution is 0.0785. The van der Waals surface area contributed by atoms with Gasteiger partial charge in [-0.3, -0.25) is 4.79 Å². The molecule has 26 heavy (non-hydrogen) atoms. The van der Waals surface area contributed by atoms with Crippen LogP contribution < -0.4 is 5.73 Å². The van der Waals surface area contributed by atoms with Crippen LogP contribution in [0.4, 0.5) is 4.39 Å². The van der Waals surface area contributed by atoms with Crippen LogP contribution in [0, 0.1) is 5.82 Å². The molecular weight excluding hydrogens is 331 g/mol. The Kier molecular flexibility index (Phi) is 4.41. The van der Waals surface area contributed by atoms with Crippen LogP contribution >= 0.6 is 0 Å². The fraction of sp³-hybridized carbons (Fsp3) is 0.381. The fourth-order valence-electron chi connectivity index (χ4n) is 4.25. The van der Waals surface area contributed by atoms with Gasteiger partial charge in [-0.05, 0) is 54.5 Å². The van der Waals surface area contributed by atoms with Crippen molar-refractivity contribution < 1.29 is 14.3 Å². The molecule has 2 aromatic carbocycles. The number of amides is 1. The van der Waals surface area contributed by atoms with Crippen molar-refractivity contribution in [3.8, 4) is 5.75 Å². The van der Waals surface area contributed by atoms with Crippen molar-refractivity contribution in [1.29, 1.82) is 0 Å². The van der Waals surface area contributed by atoms with E-state index in [0.717, 1.165) is 36.8 Å². The number of carbonyl (C=O) groups is 1. The number of hydrogen-bond donors (Lipinski definition) is 2. The molecule has 0 saturated carbocycles. The molecule has 0 bridgehead atoms. The Morgan fingerprint density at radius 3 is 2.69 bits per heavy atom. The van der Waals surface area contributed by atoms with Gasteiger partial charge in [0.05, 0.1) is 5.56 Å². The smallest absolute Gasteiger partial charge is 0.257 e. The number of aromatic hydroxyl groups is 1. The zero-order valence-corrected chi connectivity index (χ0v) is 14.6. The van der Waals surface area contributed by atoms with Crippen LogP contribution in [0.2, 0.25) is 0 Å². The van der Waals surface area contributed by atoms with Crippen LogP contribution in [-0.2, 0) is 12.8 Å². The number of phenolic OH excluding ortho intramolecular Hbond substituents is 1. The van der Waals surface area contributed by atoms with Gasteiger partial charge in [0.25, 0.3) is 5.91 Å². The van der Waals surface area contributed by atoms with Gasteiger partial charge in [0.2, 0.25) is 0 Å². The highest BCUT2D eigenvalue weighted by atomic mass is 19.1. The number of hydrogen-bond acceptors (Lipinski definition) is 3. The monoisotopic (exact) mass is 354 g/mol. The average molecular weight is 354 g/mol. The molecule has 1 aliphatic heterocycles. The van der Waals surface area contributed by atoms with Gasteiger partial charge in [0.1, 0.15) is 11.6 Å². The third-order valence-corrected chi connectivity index (χ3v) is 5.69. The van der Waals surface area contributed by atoms with E-state index >= 15 is 0 Å². The van der Waals surface area contributed by atoms with Gasteiger partial charge in [-0.2, -0.15) is 0 Å². The van der Waals surface area contributed by atoms with E-state index in [1.807, 2.05) is 6.07 Å². The molecule has 5 heteroatoms. The topological polar surface area (TPSA) is 66.6 Å². The van der Waals surface area contributed by atoms with Crippen molar-refractivity contribution in [2.24, 2.45) is 5.73 Å². The maximum Gasteiger partial charge on any atom is 0.257 e. The molecule has 1 heterocycles. The van der Waals surface area contributed by atoms with Gasteiger partial charge in [0, 0.05) is 25.0 Å². The second-order valence-electron chi connectivity index (χ2n) is 7.31. The van der Waals surface area contributed by atoms with Crippen LogP contribution in [-0.4, -0.2) is 35.0 Å². The summed E-state index contributed by atoms with van der Waals surface area (Å²) in [6.07, 6.45) is 3.90. The van der Waals surface area contributed by atoms with E-state index in [1.54, 1.807) is 29.2 Å². The predicted octanol–water partition coefficient (Wildman–Crippen LogP) is 2.98. The first-order valence-corrected chi connectivity index (χ1v) is 9.19. The number of likely N-dealkylation sites (tertiary alicyclic amines) is 1. The number of halogens is 1. The van der Waals surface area contributed by atoms with Crippen molar-refractivity contribution in [3.05, 3.63) is 64.5 Å². The van der Waals surface area contributed by atoms with E-state index < -0.39 is 0 Å². The predicted molar refractivity (Wildman–Crippen MR) is 97.8 cm³/mol. The van der Waals surface area contributed by atoms with Crippen LogP contribution in [0.3, 0.4) is 0 Å². The molecule has 2 aromatic rings. The summed E-state index contributed by atoms with van der Waals surface area (Å²) < 4.78 is 14.1. The lowest BCUT2D eigenvalue weighted by atomic mass is 9.89. The third-order valence-electron chi connectivity index (χ3n) is 5.69. The number of fused-ring (bicyclic) bond motifs is 1. The first kappa shape index (κ1) is 17.0. The largest absolute Gasteiger partial charge is 0.507 e. The van der Waals surface area contributed by atoms with Gasteiger partial charge in [-0.25, -0.2) is 4.39 Å². The number of nitrogens with zero attached hydrogens (tertiary/aromatic N) is 1. The zero-order valence-electron chi connectivity index (χ0n) is 14.6. The maximum absolute atomic E-state index is 14.1. The lowest BCUT2D eigenvalue weighted by Crippen LogP contribution is -2.32. The Labute approximate surface area is 152 Å². The summed E-state index contributed by atoms with van der Waals surface area (Å²) in [5.74, 6) is -0.654. The molecule has 0 unspecified atom stereocenters. The van der Waals surface area contributed by atoms with Crippen molar-refractivity contribution in [2.75, 3.05) is 13.1 Å². The molecular formula is C21H23FN2O2. The molecule has 4 nitrogen and oxygen atoms in total. The molecule has 0 spiro atoms. The highest BCUT2D eigenvalue weighted by Gasteiger charge is 2.36. The Balaban J connectivity index is 1.59. The van der Waals surface area contributed by atoms with E-state index in [9.17, 15) is 14.3 Å². The number of benzene rings is 2. The van der Waals surface area contributed by atoms with Crippen molar-refractivity contribution >= 4 is 5.91 Å². The van der Waals surface area contributed by atoms with E-state index in [1.165, 1.54) is 6.07 Å². The molecule has 1 fully saturated rings. The number of phenols is 1. The molecule has 1 aliphatic carbocycles. The molecule has 0 radical (unpaired) electrons. The fourth-order valence-corrected chi connectivity index (χ4v) is 4.25. The van der Waals surface area contributed by atoms with Crippen LogP contribution in [0.5, 0.6) is 5.75 Å². The third kappa shape index (κ3) is 2.86. The minimum absolute atomic E-state index is 0.107. The number of nitrogens with two attached hydrogens (primary N) is 1. The highest BCUT2D eigenvalue weighted by molar-refractivity contribution is 5.97. The van der Waals surface area contributed by atoms with Crippen molar-refractivity contribution in [3.63, 3.8) is 0 Å². The second-order valence-corrected chi connectivity index (χ2v) is 7.31. The van der Waals surface area contributed by atoms with Gasteiger partial charge in [-0.15, -0.1) is 0 Å². The first-order valence-electron chi connectivity index (χ1n) is 9.19. The Hall–Kier alpha value is -2.40. The summed E-state index contributed by atoms with van der Waals surface area (Å²) in [6.45, 7) is 0.714. The highest BCUT2D eigenvalue weighted by Crippen LogP contribution is 2.34. The van der Waals surface area contributed by atoms with Crippen LogP contribution in [0.1, 0.15) is 45.8 Å². The SMILES string of the molecule is N[C@@H]1CN(C(=O)c2ccc3c(c2O)CCCC3)C[C@H]1c1ccccc1F. The van der Waals surface area contributed by atoms with Crippen LogP contribution in [0.15, 0.2) is 36.4 Å². The molecule has 1 amide bonds. The summed E-state index contributed by atoms with van der Waals surface area (Å²) in [6, 6.07) is 9.91. The quantitative estimate of drug-likeness (QED) is 0.871. The number of carbonyl (C=O) groups excluding carboxylic acids is 1. The summed E-state index contributed by atoms with van der Waals surface area (Å²) in [4.78, 5) is 14.6. The Morgan fingerprint density at radius 1 is 1.12 bits per heavy atom. The standard InChI is InChI=1S/C21H23FN2O2/c22-18-8-4-3-7-15(18)17-11-24(12-19(17)23)21(26)16-10-9-13-5-1-2-6-14(13)20(16)25/h3-4,7-10,17,19,25H,1-2,5-6,11-12,23H2/t17-,19+/m0/s1. The van der Waals surface area contributed by atoms with E-state index in [4.69, 9.17) is 5.73 Å². The maximum atomic E-state index is 14.1. The molecule has 3 N–H and O–H groups in total. The summed E-state index contributed by atoms with van der Waals surface area (Å²) >= 11 is 0. The molecule has 4 rings (SSSR count). The second kappa shape index (κ2) is 6.72. The van der Waals surface area contributed by atoms with Crippen molar-refractivity contribution in [1.82, 2.24) is 4.90 Å². The molecule has 0 aromatic heterocycles. The first-order chi connectivity index (χ1) is 12.6. The van der Waals surface area contributed by atoms with Gasteiger partial charge < -0.3 is 15.7 Å². The number of aryl methyl sites for hydroxylation is 1. The molecule has 1 saturated heterocycles. The minimum Gasteiger partial charge on any atom is -0.507 e. The average Bonchev–Trinajstić information content (AvgIpc) is 3.04. The van der Waals surface area contributed by atoms with E-state index in [-0.39, 0.29) is 29.4 Å².